The summed E-state index contributed by atoms with van der Waals surface area (Å²) in [5, 5.41) is 11.5. The zero-order valence-electron chi connectivity index (χ0n) is 10.7. The van der Waals surface area contributed by atoms with Crippen LogP contribution in [-0.2, 0) is 11.3 Å². The van der Waals surface area contributed by atoms with E-state index in [-0.39, 0.29) is 6.10 Å². The van der Waals surface area contributed by atoms with Crippen molar-refractivity contribution in [2.24, 2.45) is 0 Å². The van der Waals surface area contributed by atoms with E-state index in [1.54, 1.807) is 0 Å². The van der Waals surface area contributed by atoms with Gasteiger partial charge in [0, 0.05) is 19.6 Å². The van der Waals surface area contributed by atoms with Crippen molar-refractivity contribution in [3.8, 4) is 6.07 Å². The number of benzene rings is 2. The molecule has 96 valence electrons. The van der Waals surface area contributed by atoms with Crippen molar-refractivity contribution in [3.05, 3.63) is 48.0 Å². The zero-order valence-corrected chi connectivity index (χ0v) is 10.7. The summed E-state index contributed by atoms with van der Waals surface area (Å²) in [6, 6.07) is 17.0. The predicted octanol–water partition coefficient (Wildman–Crippen LogP) is 2.56. The topological polar surface area (TPSA) is 36.3 Å². The Morgan fingerprint density at radius 2 is 2.05 bits per heavy atom. The number of hydrogen-bond acceptors (Lipinski definition) is 3. The predicted molar refractivity (Wildman–Crippen MR) is 74.6 cm³/mol. The van der Waals surface area contributed by atoms with Crippen LogP contribution < -0.4 is 0 Å². The van der Waals surface area contributed by atoms with E-state index < -0.39 is 0 Å². The van der Waals surface area contributed by atoms with E-state index >= 15 is 0 Å². The Bertz CT molecular complexity index is 612. The number of rotatable bonds is 2. The van der Waals surface area contributed by atoms with Crippen molar-refractivity contribution < 1.29 is 4.74 Å². The van der Waals surface area contributed by atoms with Gasteiger partial charge in [-0.25, -0.2) is 0 Å². The van der Waals surface area contributed by atoms with E-state index in [1.165, 1.54) is 16.3 Å². The van der Waals surface area contributed by atoms with Crippen LogP contribution in [0.3, 0.4) is 0 Å². The van der Waals surface area contributed by atoms with Crippen LogP contribution in [-0.4, -0.2) is 30.7 Å². The smallest absolute Gasteiger partial charge is 0.156 e. The molecule has 0 aliphatic carbocycles. The number of fused-ring (bicyclic) bond motifs is 1. The summed E-state index contributed by atoms with van der Waals surface area (Å²) in [5.74, 6) is 0. The fourth-order valence-electron chi connectivity index (χ4n) is 2.60. The minimum absolute atomic E-state index is 0.288. The van der Waals surface area contributed by atoms with Gasteiger partial charge in [0.1, 0.15) is 0 Å². The Kier molecular flexibility index (Phi) is 3.45. The molecule has 1 unspecified atom stereocenters. The molecule has 0 bridgehead atoms. The van der Waals surface area contributed by atoms with Crippen molar-refractivity contribution in [3.63, 3.8) is 0 Å². The summed E-state index contributed by atoms with van der Waals surface area (Å²) in [4.78, 5) is 2.29. The minimum Gasteiger partial charge on any atom is -0.361 e. The maximum Gasteiger partial charge on any atom is 0.156 e. The minimum atomic E-state index is -0.288. The molecule has 1 heterocycles. The Balaban J connectivity index is 1.83. The quantitative estimate of drug-likeness (QED) is 0.824. The van der Waals surface area contributed by atoms with Gasteiger partial charge in [-0.3, -0.25) is 4.90 Å². The van der Waals surface area contributed by atoms with Crippen LogP contribution in [0.2, 0.25) is 0 Å². The third-order valence-corrected chi connectivity index (χ3v) is 3.57. The molecule has 1 saturated heterocycles. The molecule has 1 aliphatic heterocycles. The fourth-order valence-corrected chi connectivity index (χ4v) is 2.60. The zero-order chi connectivity index (χ0) is 13.1. The first-order valence-electron chi connectivity index (χ1n) is 6.57. The second kappa shape index (κ2) is 5.40. The van der Waals surface area contributed by atoms with Crippen LogP contribution in [0.25, 0.3) is 10.8 Å². The Hall–Kier alpha value is -1.89. The molecule has 1 atom stereocenters. The molecule has 0 aromatic heterocycles. The molecule has 0 N–H and O–H groups in total. The summed E-state index contributed by atoms with van der Waals surface area (Å²) in [5.41, 5.74) is 1.32. The molecule has 19 heavy (non-hydrogen) atoms. The van der Waals surface area contributed by atoms with E-state index in [1.807, 2.05) is 0 Å². The lowest BCUT2D eigenvalue weighted by molar-refractivity contribution is -0.00254. The fraction of sp³-hybridized carbons (Fsp3) is 0.312. The van der Waals surface area contributed by atoms with Crippen molar-refractivity contribution in [2.75, 3.05) is 19.7 Å². The summed E-state index contributed by atoms with van der Waals surface area (Å²) >= 11 is 0. The SMILES string of the molecule is N#CC1CN(Cc2cccc3ccccc23)CCO1. The second-order valence-corrected chi connectivity index (χ2v) is 4.86. The van der Waals surface area contributed by atoms with Gasteiger partial charge in [0.15, 0.2) is 6.10 Å². The molecule has 0 spiro atoms. The van der Waals surface area contributed by atoms with Gasteiger partial charge in [-0.05, 0) is 16.3 Å². The van der Waals surface area contributed by atoms with Crippen LogP contribution in [0.4, 0.5) is 0 Å². The van der Waals surface area contributed by atoms with Gasteiger partial charge in [0.05, 0.1) is 12.7 Å². The number of ether oxygens (including phenoxy) is 1. The highest BCUT2D eigenvalue weighted by molar-refractivity contribution is 5.85. The third-order valence-electron chi connectivity index (χ3n) is 3.57. The van der Waals surface area contributed by atoms with Gasteiger partial charge < -0.3 is 4.74 Å². The molecule has 0 saturated carbocycles. The summed E-state index contributed by atoms with van der Waals surface area (Å²) < 4.78 is 5.38. The summed E-state index contributed by atoms with van der Waals surface area (Å²) in [7, 11) is 0. The molecule has 2 aromatic carbocycles. The van der Waals surface area contributed by atoms with Crippen molar-refractivity contribution in [2.45, 2.75) is 12.6 Å². The van der Waals surface area contributed by atoms with Crippen molar-refractivity contribution in [1.29, 1.82) is 5.26 Å². The van der Waals surface area contributed by atoms with Gasteiger partial charge in [-0.15, -0.1) is 0 Å². The lowest BCUT2D eigenvalue weighted by Gasteiger charge is -2.29. The molecule has 3 nitrogen and oxygen atoms in total. The summed E-state index contributed by atoms with van der Waals surface area (Å²) in [6.07, 6.45) is -0.288. The highest BCUT2D eigenvalue weighted by Gasteiger charge is 2.20. The average molecular weight is 252 g/mol. The van der Waals surface area contributed by atoms with E-state index in [0.29, 0.717) is 13.2 Å². The highest BCUT2D eigenvalue weighted by Crippen LogP contribution is 2.20. The Labute approximate surface area is 113 Å². The van der Waals surface area contributed by atoms with Crippen LogP contribution in [0.5, 0.6) is 0 Å². The monoisotopic (exact) mass is 252 g/mol. The molecular formula is C16H16N2O. The maximum atomic E-state index is 8.94. The molecular weight excluding hydrogens is 236 g/mol. The van der Waals surface area contributed by atoms with Gasteiger partial charge in [0.25, 0.3) is 0 Å². The normalized spacial score (nSPS) is 20.3. The van der Waals surface area contributed by atoms with Gasteiger partial charge in [0.2, 0.25) is 0 Å². The van der Waals surface area contributed by atoms with E-state index in [2.05, 4.69) is 53.4 Å². The molecule has 1 fully saturated rings. The van der Waals surface area contributed by atoms with Gasteiger partial charge in [-0.2, -0.15) is 5.26 Å². The molecule has 0 amide bonds. The molecule has 0 radical (unpaired) electrons. The first kappa shape index (κ1) is 12.2. The lowest BCUT2D eigenvalue weighted by atomic mass is 10.0. The highest BCUT2D eigenvalue weighted by atomic mass is 16.5. The number of nitriles is 1. The van der Waals surface area contributed by atoms with Gasteiger partial charge in [-0.1, -0.05) is 42.5 Å². The van der Waals surface area contributed by atoms with E-state index in [4.69, 9.17) is 10.00 Å². The summed E-state index contributed by atoms with van der Waals surface area (Å²) in [6.45, 7) is 3.10. The van der Waals surface area contributed by atoms with Crippen molar-refractivity contribution >= 4 is 10.8 Å². The van der Waals surface area contributed by atoms with Crippen LogP contribution in [0, 0.1) is 11.3 Å². The third kappa shape index (κ3) is 2.60. The van der Waals surface area contributed by atoms with Crippen molar-refractivity contribution in [1.82, 2.24) is 4.90 Å². The first-order valence-corrected chi connectivity index (χ1v) is 6.57. The van der Waals surface area contributed by atoms with E-state index in [0.717, 1.165) is 13.1 Å². The number of morpholine rings is 1. The first-order chi connectivity index (χ1) is 9.36. The molecule has 1 aliphatic rings. The van der Waals surface area contributed by atoms with Crippen LogP contribution in [0.1, 0.15) is 5.56 Å². The average Bonchev–Trinajstić information content (AvgIpc) is 2.48. The largest absolute Gasteiger partial charge is 0.361 e. The molecule has 3 heteroatoms. The molecule has 2 aromatic rings. The van der Waals surface area contributed by atoms with Crippen LogP contribution in [0.15, 0.2) is 42.5 Å². The standard InChI is InChI=1S/C16H16N2O/c17-10-15-12-18(8-9-19-15)11-14-6-3-5-13-4-1-2-7-16(13)14/h1-7,15H,8-9,11-12H2. The Morgan fingerprint density at radius 1 is 1.21 bits per heavy atom. The maximum absolute atomic E-state index is 8.94. The number of nitrogens with zero attached hydrogens (tertiary/aromatic N) is 2. The van der Waals surface area contributed by atoms with Crippen LogP contribution >= 0.6 is 0 Å². The number of hydrogen-bond donors (Lipinski definition) is 0. The second-order valence-electron chi connectivity index (χ2n) is 4.86. The Morgan fingerprint density at radius 3 is 2.95 bits per heavy atom. The molecule has 3 rings (SSSR count). The van der Waals surface area contributed by atoms with E-state index in [9.17, 15) is 0 Å². The van der Waals surface area contributed by atoms with Gasteiger partial charge >= 0.3 is 0 Å². The lowest BCUT2D eigenvalue weighted by Crippen LogP contribution is -2.41.